The van der Waals surface area contributed by atoms with Crippen molar-refractivity contribution in [3.05, 3.63) is 40.0 Å². The first kappa shape index (κ1) is 20.6. The largest absolute Gasteiger partial charge is 0.396 e. The number of anilines is 2. The fourth-order valence-corrected chi connectivity index (χ4v) is 4.33. The fourth-order valence-electron chi connectivity index (χ4n) is 3.29. The molecule has 3 aromatic heterocycles. The summed E-state index contributed by atoms with van der Waals surface area (Å²) in [5.74, 6) is 6.38. The summed E-state index contributed by atoms with van der Waals surface area (Å²) in [5, 5.41) is 36.5. The predicted molar refractivity (Wildman–Crippen MR) is 112 cm³/mol. The number of nitrogen functional groups attached to an aromatic ring is 1. The Bertz CT molecular complexity index is 1090. The zero-order valence-corrected chi connectivity index (χ0v) is 17.1. The number of aromatic nitrogens is 3. The van der Waals surface area contributed by atoms with Gasteiger partial charge >= 0.3 is 0 Å². The van der Waals surface area contributed by atoms with Gasteiger partial charge in [-0.3, -0.25) is 0 Å². The Morgan fingerprint density at radius 1 is 1.23 bits per heavy atom. The van der Waals surface area contributed by atoms with Crippen LogP contribution in [0.25, 0.3) is 10.6 Å². The number of nitrogens with one attached hydrogen (secondary N) is 1. The van der Waals surface area contributed by atoms with Crippen molar-refractivity contribution >= 4 is 34.7 Å². The number of aliphatic hydroxyl groups excluding tert-OH is 3. The predicted octanol–water partition coefficient (Wildman–Crippen LogP) is 1.34. The first-order chi connectivity index (χ1) is 14.5. The molecule has 3 aromatic rings. The highest BCUT2D eigenvalue weighted by atomic mass is 35.5. The summed E-state index contributed by atoms with van der Waals surface area (Å²) in [5.41, 5.74) is 6.04. The number of hydrogen-bond donors (Lipinski definition) is 5. The quantitative estimate of drug-likeness (QED) is 0.295. The van der Waals surface area contributed by atoms with E-state index in [0.29, 0.717) is 17.7 Å². The smallest absolute Gasteiger partial charge is 0.223 e. The van der Waals surface area contributed by atoms with Gasteiger partial charge in [0, 0.05) is 18.6 Å². The van der Waals surface area contributed by atoms with Crippen molar-refractivity contribution in [3.63, 3.8) is 0 Å². The highest BCUT2D eigenvalue weighted by Gasteiger charge is 2.41. The van der Waals surface area contributed by atoms with Crippen LogP contribution < -0.4 is 11.1 Å². The third kappa shape index (κ3) is 4.12. The summed E-state index contributed by atoms with van der Waals surface area (Å²) in [4.78, 5) is 9.75. The topological polar surface area (TPSA) is 151 Å². The lowest BCUT2D eigenvalue weighted by molar-refractivity contribution is 0.00445. The van der Waals surface area contributed by atoms with Gasteiger partial charge in [-0.15, -0.1) is 11.3 Å². The average Bonchev–Trinajstić information content (AvgIpc) is 3.45. The van der Waals surface area contributed by atoms with Gasteiger partial charge < -0.3 is 30.9 Å². The minimum absolute atomic E-state index is 0.0523. The Balaban J connectivity index is 1.61. The highest BCUT2D eigenvalue weighted by Crippen LogP contribution is 2.31. The molecule has 4 rings (SSSR count). The molecule has 1 aliphatic carbocycles. The normalized spacial score (nSPS) is 23.2. The summed E-state index contributed by atoms with van der Waals surface area (Å²) < 4.78 is 5.14. The second kappa shape index (κ2) is 8.59. The van der Waals surface area contributed by atoms with Crippen LogP contribution in [0.4, 0.5) is 11.8 Å². The van der Waals surface area contributed by atoms with Crippen LogP contribution in [0.2, 0.25) is 5.15 Å². The van der Waals surface area contributed by atoms with E-state index in [4.69, 9.17) is 21.9 Å². The van der Waals surface area contributed by atoms with Crippen molar-refractivity contribution in [2.75, 3.05) is 17.7 Å². The van der Waals surface area contributed by atoms with Crippen LogP contribution in [-0.4, -0.2) is 55.3 Å². The minimum Gasteiger partial charge on any atom is -0.396 e. The highest BCUT2D eigenvalue weighted by molar-refractivity contribution is 7.15. The van der Waals surface area contributed by atoms with Gasteiger partial charge in [0.05, 0.1) is 28.1 Å². The summed E-state index contributed by atoms with van der Waals surface area (Å²) in [6.07, 6.45) is -0.213. The van der Waals surface area contributed by atoms with E-state index in [1.807, 2.05) is 12.1 Å². The SMILES string of the molecule is Nc1nc(Cl)c(C#Cc2ccc(-c3ccno3)s2)c(N[C@@H]2C[C@H](CO)[C@@H](O)[C@H]2O)n1. The maximum absolute atomic E-state index is 10.3. The average molecular weight is 448 g/mol. The van der Waals surface area contributed by atoms with Gasteiger partial charge in [0.1, 0.15) is 17.5 Å². The maximum Gasteiger partial charge on any atom is 0.223 e. The molecule has 30 heavy (non-hydrogen) atoms. The van der Waals surface area contributed by atoms with E-state index >= 15 is 0 Å². The number of aliphatic hydroxyl groups is 3. The van der Waals surface area contributed by atoms with E-state index < -0.39 is 24.2 Å². The molecule has 0 aromatic carbocycles. The number of hydrogen-bond acceptors (Lipinski definition) is 10. The van der Waals surface area contributed by atoms with Crippen molar-refractivity contribution in [1.29, 1.82) is 0 Å². The third-order valence-electron chi connectivity index (χ3n) is 4.84. The lowest BCUT2D eigenvalue weighted by atomic mass is 10.1. The van der Waals surface area contributed by atoms with Gasteiger partial charge in [-0.1, -0.05) is 28.6 Å². The molecule has 3 heterocycles. The molecule has 4 atom stereocenters. The van der Waals surface area contributed by atoms with E-state index in [2.05, 4.69) is 32.3 Å². The molecule has 0 aliphatic heterocycles. The van der Waals surface area contributed by atoms with E-state index in [-0.39, 0.29) is 23.5 Å². The van der Waals surface area contributed by atoms with E-state index in [1.54, 1.807) is 12.3 Å². The van der Waals surface area contributed by atoms with Crippen LogP contribution in [-0.2, 0) is 0 Å². The fraction of sp³-hybridized carbons (Fsp3) is 0.316. The van der Waals surface area contributed by atoms with Gasteiger partial charge in [0.25, 0.3) is 0 Å². The number of rotatable bonds is 4. The van der Waals surface area contributed by atoms with Crippen LogP contribution in [0, 0.1) is 17.8 Å². The maximum atomic E-state index is 10.3. The Kier molecular flexibility index (Phi) is 5.90. The van der Waals surface area contributed by atoms with Crippen LogP contribution in [0.3, 0.4) is 0 Å². The summed E-state index contributed by atoms with van der Waals surface area (Å²) >= 11 is 7.67. The first-order valence-electron chi connectivity index (χ1n) is 9.05. The minimum atomic E-state index is -1.08. The lowest BCUT2D eigenvalue weighted by Crippen LogP contribution is -2.35. The summed E-state index contributed by atoms with van der Waals surface area (Å²) in [6, 6.07) is 4.93. The Morgan fingerprint density at radius 3 is 2.77 bits per heavy atom. The summed E-state index contributed by atoms with van der Waals surface area (Å²) in [7, 11) is 0. The molecule has 0 saturated heterocycles. The second-order valence-corrected chi connectivity index (χ2v) is 8.24. The Labute approximate surface area is 180 Å². The van der Waals surface area contributed by atoms with Crippen molar-refractivity contribution in [2.45, 2.75) is 24.7 Å². The third-order valence-corrected chi connectivity index (χ3v) is 6.13. The van der Waals surface area contributed by atoms with Gasteiger partial charge in [-0.2, -0.15) is 9.97 Å². The molecule has 1 fully saturated rings. The molecule has 0 spiro atoms. The number of halogens is 1. The van der Waals surface area contributed by atoms with Gasteiger partial charge in [0.2, 0.25) is 5.95 Å². The van der Waals surface area contributed by atoms with Gasteiger partial charge in [-0.25, -0.2) is 0 Å². The molecule has 156 valence electrons. The standard InChI is InChI=1S/C19H18ClN5O4S/c20-17-11(3-1-10-2-4-14(30-10)13-5-6-22-29-13)18(25-19(21)24-17)23-12-7-9(8-26)15(27)16(12)28/h2,4-6,9,12,15-16,26-28H,7-8H2,(H3,21,23,24,25)/t9-,12-,15-,16+/m1/s1. The van der Waals surface area contributed by atoms with Crippen LogP contribution in [0.1, 0.15) is 16.9 Å². The number of thiophene rings is 1. The van der Waals surface area contributed by atoms with E-state index in [0.717, 1.165) is 9.75 Å². The summed E-state index contributed by atoms with van der Waals surface area (Å²) in [6.45, 7) is -0.234. The van der Waals surface area contributed by atoms with Crippen molar-refractivity contribution in [1.82, 2.24) is 15.1 Å². The molecule has 0 amide bonds. The molecule has 1 saturated carbocycles. The molecular weight excluding hydrogens is 430 g/mol. The lowest BCUT2D eigenvalue weighted by Gasteiger charge is -2.19. The van der Waals surface area contributed by atoms with Crippen LogP contribution in [0.15, 0.2) is 28.9 Å². The van der Waals surface area contributed by atoms with Crippen LogP contribution >= 0.6 is 22.9 Å². The molecule has 11 heteroatoms. The first-order valence-corrected chi connectivity index (χ1v) is 10.2. The van der Waals surface area contributed by atoms with Crippen molar-refractivity contribution in [3.8, 4) is 22.5 Å². The van der Waals surface area contributed by atoms with Gasteiger partial charge in [-0.05, 0) is 18.6 Å². The molecule has 1 aliphatic rings. The van der Waals surface area contributed by atoms with Crippen molar-refractivity contribution < 1.29 is 19.8 Å². The van der Waals surface area contributed by atoms with Gasteiger partial charge in [0.15, 0.2) is 10.9 Å². The molecule has 0 unspecified atom stereocenters. The monoisotopic (exact) mass is 447 g/mol. The molecule has 0 radical (unpaired) electrons. The molecule has 6 N–H and O–H groups in total. The zero-order chi connectivity index (χ0) is 21.3. The Morgan fingerprint density at radius 2 is 2.07 bits per heavy atom. The molecular formula is C19H18ClN5O4S. The second-order valence-electron chi connectivity index (χ2n) is 6.80. The van der Waals surface area contributed by atoms with Crippen molar-refractivity contribution in [2.24, 2.45) is 5.92 Å². The van der Waals surface area contributed by atoms with Crippen LogP contribution in [0.5, 0.6) is 0 Å². The number of nitrogens with zero attached hydrogens (tertiary/aromatic N) is 3. The molecule has 0 bridgehead atoms. The Hall–Kier alpha value is -2.68. The van der Waals surface area contributed by atoms with E-state index in [9.17, 15) is 15.3 Å². The number of nitrogens with two attached hydrogens (primary N) is 1. The zero-order valence-electron chi connectivity index (χ0n) is 15.5. The molecule has 9 nitrogen and oxygen atoms in total. The van der Waals surface area contributed by atoms with E-state index in [1.165, 1.54) is 11.3 Å².